The zero-order chi connectivity index (χ0) is 23.8. The largest absolute Gasteiger partial charge is 0.465 e. The summed E-state index contributed by atoms with van der Waals surface area (Å²) in [6.07, 6.45) is 2.61. The van der Waals surface area contributed by atoms with Crippen LogP contribution in [0.1, 0.15) is 31.8 Å². The number of amides is 1. The topological polar surface area (TPSA) is 105 Å². The number of sulfonamides is 1. The number of methoxy groups -OCH3 is 1. The van der Waals surface area contributed by atoms with E-state index in [4.69, 9.17) is 0 Å². The summed E-state index contributed by atoms with van der Waals surface area (Å²) in [5.74, 6) is -0.842. The van der Waals surface area contributed by atoms with Gasteiger partial charge in [-0.2, -0.15) is 5.10 Å². The minimum absolute atomic E-state index is 0.143. The summed E-state index contributed by atoms with van der Waals surface area (Å²) < 4.78 is 30.4. The Morgan fingerprint density at radius 3 is 2.12 bits per heavy atom. The van der Waals surface area contributed by atoms with Gasteiger partial charge < -0.3 is 4.74 Å². The molecule has 0 aliphatic heterocycles. The van der Waals surface area contributed by atoms with Gasteiger partial charge in [-0.15, -0.1) is 0 Å². The second kappa shape index (κ2) is 10.6. The lowest BCUT2D eigenvalue weighted by molar-refractivity contribution is 0.0600. The Morgan fingerprint density at radius 1 is 0.939 bits per heavy atom. The van der Waals surface area contributed by atoms with E-state index < -0.39 is 21.9 Å². The molecule has 0 spiro atoms. The molecule has 0 atom stereocenters. The fourth-order valence-electron chi connectivity index (χ4n) is 2.97. The minimum Gasteiger partial charge on any atom is -0.465 e. The number of ether oxygens (including phenoxy) is 1. The van der Waals surface area contributed by atoms with Crippen molar-refractivity contribution in [3.63, 3.8) is 0 Å². The zero-order valence-electron chi connectivity index (χ0n) is 18.1. The summed E-state index contributed by atoms with van der Waals surface area (Å²) in [6, 6.07) is 22.0. The summed E-state index contributed by atoms with van der Waals surface area (Å²) in [5.41, 5.74) is 5.22. The number of carbonyl (C=O) groups excluding carboxylic acids is 2. The number of nitrogens with zero attached hydrogens (tertiary/aromatic N) is 2. The first-order chi connectivity index (χ1) is 15.8. The molecule has 3 aromatic rings. The summed E-state index contributed by atoms with van der Waals surface area (Å²) in [6.45, 7) is 0.143. The molecule has 0 aliphatic rings. The molecule has 0 aliphatic carbocycles. The van der Waals surface area contributed by atoms with Crippen LogP contribution in [0.5, 0.6) is 0 Å². The van der Waals surface area contributed by atoms with Gasteiger partial charge in [0.1, 0.15) is 0 Å². The van der Waals surface area contributed by atoms with E-state index in [2.05, 4.69) is 15.3 Å². The third-order valence-corrected chi connectivity index (χ3v) is 5.84. The molecule has 0 radical (unpaired) electrons. The Bertz CT molecular complexity index is 1240. The monoisotopic (exact) mass is 465 g/mol. The van der Waals surface area contributed by atoms with Crippen LogP contribution in [0.25, 0.3) is 0 Å². The van der Waals surface area contributed by atoms with Crippen molar-refractivity contribution in [3.05, 3.63) is 101 Å². The number of carbonyl (C=O) groups is 2. The van der Waals surface area contributed by atoms with Gasteiger partial charge >= 0.3 is 5.97 Å². The molecule has 3 aromatic carbocycles. The van der Waals surface area contributed by atoms with E-state index in [1.165, 1.54) is 17.6 Å². The molecule has 9 heteroatoms. The van der Waals surface area contributed by atoms with E-state index in [1.54, 1.807) is 72.8 Å². The number of hydrogen-bond donors (Lipinski definition) is 1. The number of nitrogens with one attached hydrogen (secondary N) is 1. The third kappa shape index (κ3) is 6.50. The highest BCUT2D eigenvalue weighted by Gasteiger charge is 2.17. The van der Waals surface area contributed by atoms with E-state index in [9.17, 15) is 18.0 Å². The lowest BCUT2D eigenvalue weighted by Crippen LogP contribution is -2.29. The number of rotatable bonds is 8. The van der Waals surface area contributed by atoms with Crippen molar-refractivity contribution in [2.24, 2.45) is 5.10 Å². The molecule has 1 amide bonds. The number of esters is 1. The minimum atomic E-state index is -3.48. The lowest BCUT2D eigenvalue weighted by atomic mass is 10.1. The van der Waals surface area contributed by atoms with E-state index in [0.29, 0.717) is 22.4 Å². The molecule has 3 rings (SSSR count). The van der Waals surface area contributed by atoms with Crippen LogP contribution in [0, 0.1) is 0 Å². The molecule has 0 bridgehead atoms. The van der Waals surface area contributed by atoms with Gasteiger partial charge in [-0.25, -0.2) is 18.6 Å². The molecule has 8 nitrogen and oxygen atoms in total. The van der Waals surface area contributed by atoms with E-state index in [1.807, 2.05) is 6.07 Å². The normalized spacial score (nSPS) is 11.2. The van der Waals surface area contributed by atoms with Gasteiger partial charge in [-0.05, 0) is 47.5 Å². The molecule has 170 valence electrons. The van der Waals surface area contributed by atoms with Gasteiger partial charge in [0.2, 0.25) is 10.0 Å². The lowest BCUT2D eigenvalue weighted by Gasteiger charge is -2.22. The number of anilines is 1. The first-order valence-corrected chi connectivity index (χ1v) is 11.8. The number of para-hydroxylation sites is 1. The fourth-order valence-corrected chi connectivity index (χ4v) is 3.86. The van der Waals surface area contributed by atoms with Crippen molar-refractivity contribution in [1.29, 1.82) is 0 Å². The van der Waals surface area contributed by atoms with Crippen LogP contribution < -0.4 is 9.73 Å². The highest BCUT2D eigenvalue weighted by molar-refractivity contribution is 7.92. The summed E-state index contributed by atoms with van der Waals surface area (Å²) in [5, 5.41) is 3.93. The average molecular weight is 466 g/mol. The van der Waals surface area contributed by atoms with Crippen LogP contribution in [-0.4, -0.2) is 39.9 Å². The van der Waals surface area contributed by atoms with Gasteiger partial charge in [0.15, 0.2) is 0 Å². The zero-order valence-corrected chi connectivity index (χ0v) is 19.0. The summed E-state index contributed by atoms with van der Waals surface area (Å²) in [4.78, 5) is 23.8. The van der Waals surface area contributed by atoms with Crippen molar-refractivity contribution in [3.8, 4) is 0 Å². The third-order valence-electron chi connectivity index (χ3n) is 4.70. The Hall–Kier alpha value is -3.98. The van der Waals surface area contributed by atoms with Gasteiger partial charge in [0, 0.05) is 5.56 Å². The van der Waals surface area contributed by atoms with Gasteiger partial charge in [-0.1, -0.05) is 42.5 Å². The average Bonchev–Trinajstić information content (AvgIpc) is 2.82. The van der Waals surface area contributed by atoms with E-state index in [0.717, 1.165) is 11.8 Å². The molecule has 33 heavy (non-hydrogen) atoms. The van der Waals surface area contributed by atoms with Gasteiger partial charge in [0.25, 0.3) is 5.91 Å². The van der Waals surface area contributed by atoms with Crippen LogP contribution in [0.4, 0.5) is 5.69 Å². The predicted molar refractivity (Wildman–Crippen MR) is 127 cm³/mol. The van der Waals surface area contributed by atoms with E-state index in [-0.39, 0.29) is 6.54 Å². The Labute approximate surface area is 192 Å². The summed E-state index contributed by atoms with van der Waals surface area (Å²) >= 11 is 0. The van der Waals surface area contributed by atoms with Crippen LogP contribution >= 0.6 is 0 Å². The molecular weight excluding hydrogens is 442 g/mol. The predicted octanol–water partition coefficient (Wildman–Crippen LogP) is 3.20. The standard InChI is InChI=1S/C24H23N3O5S/c1-32-24(29)21-14-8-18(9-15-21)16-25-26-23(28)20-12-10-19(11-13-20)17-27(33(2,30)31)22-6-4-3-5-7-22/h3-16H,17H2,1-2H3,(H,26,28)/b25-16-. The van der Waals surface area contributed by atoms with Crippen molar-refractivity contribution in [2.45, 2.75) is 6.54 Å². The van der Waals surface area contributed by atoms with Crippen LogP contribution in [-0.2, 0) is 21.3 Å². The van der Waals surface area contributed by atoms with Crippen LogP contribution in [0.3, 0.4) is 0 Å². The smallest absolute Gasteiger partial charge is 0.337 e. The maximum atomic E-state index is 12.3. The molecule has 0 unspecified atom stereocenters. The summed E-state index contributed by atoms with van der Waals surface area (Å²) in [7, 11) is -2.17. The molecule has 0 aromatic heterocycles. The van der Waals surface area contributed by atoms with Crippen molar-refractivity contribution in [2.75, 3.05) is 17.7 Å². The molecule has 0 saturated heterocycles. The second-order valence-electron chi connectivity index (χ2n) is 7.11. The maximum absolute atomic E-state index is 12.3. The highest BCUT2D eigenvalue weighted by atomic mass is 32.2. The number of hydrazone groups is 1. The van der Waals surface area contributed by atoms with Crippen molar-refractivity contribution < 1.29 is 22.7 Å². The van der Waals surface area contributed by atoms with E-state index >= 15 is 0 Å². The maximum Gasteiger partial charge on any atom is 0.337 e. The SMILES string of the molecule is COC(=O)c1ccc(/C=N\NC(=O)c2ccc(CN(c3ccccc3)S(C)(=O)=O)cc2)cc1. The Kier molecular flexibility index (Phi) is 7.57. The van der Waals surface area contributed by atoms with Crippen LogP contribution in [0.2, 0.25) is 0 Å². The Balaban J connectivity index is 1.63. The number of benzene rings is 3. The van der Waals surface area contributed by atoms with Gasteiger partial charge in [0.05, 0.1) is 37.4 Å². The Morgan fingerprint density at radius 2 is 1.55 bits per heavy atom. The first-order valence-electron chi connectivity index (χ1n) is 9.91. The first kappa shape index (κ1) is 23.7. The highest BCUT2D eigenvalue weighted by Crippen LogP contribution is 2.20. The molecule has 0 fully saturated rings. The fraction of sp³-hybridized carbons (Fsp3) is 0.125. The van der Waals surface area contributed by atoms with Crippen molar-refractivity contribution >= 4 is 33.8 Å². The number of hydrogen-bond acceptors (Lipinski definition) is 6. The molecule has 0 saturated carbocycles. The quantitative estimate of drug-likeness (QED) is 0.312. The van der Waals surface area contributed by atoms with Gasteiger partial charge in [-0.3, -0.25) is 9.10 Å². The molecular formula is C24H23N3O5S. The molecule has 0 heterocycles. The second-order valence-corrected chi connectivity index (χ2v) is 9.02. The van der Waals surface area contributed by atoms with Crippen LogP contribution in [0.15, 0.2) is 84.0 Å². The van der Waals surface area contributed by atoms with Crippen molar-refractivity contribution in [1.82, 2.24) is 5.43 Å². The molecule has 1 N–H and O–H groups in total.